The number of anilines is 3. The minimum absolute atomic E-state index is 0.211. The average Bonchev–Trinajstić information content (AvgIpc) is 3.27. The van der Waals surface area contributed by atoms with Gasteiger partial charge in [0.05, 0.1) is 30.0 Å². The number of aromatic nitrogens is 2. The molecule has 1 aliphatic carbocycles. The van der Waals surface area contributed by atoms with E-state index in [2.05, 4.69) is 20.6 Å². The van der Waals surface area contributed by atoms with E-state index in [4.69, 9.17) is 9.47 Å². The van der Waals surface area contributed by atoms with Gasteiger partial charge in [-0.15, -0.1) is 11.3 Å². The van der Waals surface area contributed by atoms with E-state index in [0.717, 1.165) is 34.6 Å². The lowest BCUT2D eigenvalue weighted by Gasteiger charge is -2.19. The zero-order valence-corrected chi connectivity index (χ0v) is 20.7. The number of amides is 1. The van der Waals surface area contributed by atoms with Gasteiger partial charge >= 0.3 is 0 Å². The molecule has 35 heavy (non-hydrogen) atoms. The number of fused-ring (bicyclic) bond motifs is 3. The molecule has 0 bridgehead atoms. The van der Waals surface area contributed by atoms with Gasteiger partial charge < -0.3 is 20.1 Å². The normalized spacial score (nSPS) is 12.7. The van der Waals surface area contributed by atoms with Gasteiger partial charge in [-0.25, -0.2) is 9.97 Å². The SMILES string of the molecule is CCOc1cc(Nc2ncnc3sc4c(c23)CCCC4)c(OCC)cc1NC(=O)c1ccccc1. The highest BCUT2D eigenvalue weighted by atomic mass is 32.1. The summed E-state index contributed by atoms with van der Waals surface area (Å²) in [6.07, 6.45) is 6.15. The topological polar surface area (TPSA) is 85.4 Å². The number of hydrogen-bond acceptors (Lipinski definition) is 7. The molecule has 0 aliphatic heterocycles. The first-order chi connectivity index (χ1) is 17.2. The zero-order chi connectivity index (χ0) is 24.2. The second kappa shape index (κ2) is 10.3. The maximum atomic E-state index is 12.8. The molecule has 5 rings (SSSR count). The molecule has 1 aliphatic rings. The maximum absolute atomic E-state index is 12.8. The summed E-state index contributed by atoms with van der Waals surface area (Å²) in [6, 6.07) is 12.8. The largest absolute Gasteiger partial charge is 0.492 e. The molecule has 0 radical (unpaired) electrons. The minimum Gasteiger partial charge on any atom is -0.492 e. The Morgan fingerprint density at radius 3 is 2.46 bits per heavy atom. The third kappa shape index (κ3) is 4.79. The van der Waals surface area contributed by atoms with Crippen LogP contribution in [-0.4, -0.2) is 29.1 Å². The predicted molar refractivity (Wildman–Crippen MR) is 141 cm³/mol. The molecule has 0 saturated heterocycles. The van der Waals surface area contributed by atoms with Gasteiger partial charge in [0.2, 0.25) is 0 Å². The molecular formula is C27H28N4O3S. The Morgan fingerprint density at radius 1 is 0.971 bits per heavy atom. The molecule has 0 unspecified atom stereocenters. The van der Waals surface area contributed by atoms with Crippen LogP contribution >= 0.6 is 11.3 Å². The summed E-state index contributed by atoms with van der Waals surface area (Å²) in [7, 11) is 0. The minimum atomic E-state index is -0.211. The smallest absolute Gasteiger partial charge is 0.255 e. The van der Waals surface area contributed by atoms with Crippen LogP contribution in [-0.2, 0) is 12.8 Å². The van der Waals surface area contributed by atoms with Crippen LogP contribution in [0.2, 0.25) is 0 Å². The number of thiophene rings is 1. The van der Waals surface area contributed by atoms with Crippen LogP contribution in [0.5, 0.6) is 11.5 Å². The molecular weight excluding hydrogens is 460 g/mol. The van der Waals surface area contributed by atoms with E-state index in [0.29, 0.717) is 36.0 Å². The van der Waals surface area contributed by atoms with Gasteiger partial charge in [-0.3, -0.25) is 4.79 Å². The Hall–Kier alpha value is -3.65. The number of nitrogens with zero attached hydrogens (tertiary/aromatic N) is 2. The standard InChI is InChI=1S/C27H28N4O3S/c1-3-33-21-15-20(31-26(32)17-10-6-5-7-11-17)22(34-4-2)14-19(21)30-25-24-18-12-8-9-13-23(18)35-27(24)29-16-28-25/h5-7,10-11,14-16H,3-4,8-9,12-13H2,1-2H3,(H,31,32)(H,28,29,30). The van der Waals surface area contributed by atoms with Gasteiger partial charge in [0.25, 0.3) is 5.91 Å². The van der Waals surface area contributed by atoms with Crippen molar-refractivity contribution in [3.05, 3.63) is 64.8 Å². The number of carbonyl (C=O) groups is 1. The van der Waals surface area contributed by atoms with Crippen LogP contribution in [0.15, 0.2) is 48.8 Å². The first kappa shape index (κ1) is 23.1. The van der Waals surface area contributed by atoms with Crippen LogP contribution in [0.1, 0.15) is 47.5 Å². The highest BCUT2D eigenvalue weighted by Gasteiger charge is 2.22. The van der Waals surface area contributed by atoms with Gasteiger partial charge in [-0.1, -0.05) is 18.2 Å². The molecule has 2 aromatic heterocycles. The lowest BCUT2D eigenvalue weighted by atomic mass is 9.97. The van der Waals surface area contributed by atoms with E-state index in [1.54, 1.807) is 35.9 Å². The molecule has 0 fully saturated rings. The first-order valence-electron chi connectivity index (χ1n) is 12.0. The fraction of sp³-hybridized carbons (Fsp3) is 0.296. The van der Waals surface area contributed by atoms with Crippen molar-refractivity contribution in [1.29, 1.82) is 0 Å². The molecule has 180 valence electrons. The summed E-state index contributed by atoms with van der Waals surface area (Å²) >= 11 is 1.76. The summed E-state index contributed by atoms with van der Waals surface area (Å²) < 4.78 is 11.9. The highest BCUT2D eigenvalue weighted by Crippen LogP contribution is 2.42. The Morgan fingerprint density at radius 2 is 1.69 bits per heavy atom. The summed E-state index contributed by atoms with van der Waals surface area (Å²) in [6.45, 7) is 4.78. The van der Waals surface area contributed by atoms with Crippen molar-refractivity contribution in [1.82, 2.24) is 9.97 Å². The van der Waals surface area contributed by atoms with Crippen LogP contribution in [0.3, 0.4) is 0 Å². The molecule has 0 spiro atoms. The number of carbonyl (C=O) groups excluding carboxylic acids is 1. The first-order valence-corrected chi connectivity index (χ1v) is 12.8. The van der Waals surface area contributed by atoms with Crippen molar-refractivity contribution in [2.45, 2.75) is 39.5 Å². The number of nitrogens with one attached hydrogen (secondary N) is 2. The number of ether oxygens (including phenoxy) is 2. The van der Waals surface area contributed by atoms with E-state index < -0.39 is 0 Å². The third-order valence-corrected chi connectivity index (χ3v) is 7.17. The van der Waals surface area contributed by atoms with Crippen LogP contribution in [0, 0.1) is 0 Å². The van der Waals surface area contributed by atoms with Gasteiger partial charge in [0.15, 0.2) is 0 Å². The Balaban J connectivity index is 1.53. The molecule has 4 aromatic rings. The Kier molecular flexibility index (Phi) is 6.81. The summed E-state index contributed by atoms with van der Waals surface area (Å²) in [5.74, 6) is 1.71. The van der Waals surface area contributed by atoms with E-state index in [1.165, 1.54) is 23.3 Å². The molecule has 2 N–H and O–H groups in total. The van der Waals surface area contributed by atoms with Crippen LogP contribution < -0.4 is 20.1 Å². The average molecular weight is 489 g/mol. The second-order valence-corrected chi connectivity index (χ2v) is 9.35. The van der Waals surface area contributed by atoms with E-state index >= 15 is 0 Å². The number of benzene rings is 2. The molecule has 1 amide bonds. The van der Waals surface area contributed by atoms with E-state index in [1.807, 2.05) is 38.1 Å². The third-order valence-electron chi connectivity index (χ3n) is 5.97. The lowest BCUT2D eigenvalue weighted by Crippen LogP contribution is -2.13. The van der Waals surface area contributed by atoms with Crippen molar-refractivity contribution in [3.63, 3.8) is 0 Å². The number of rotatable bonds is 8. The van der Waals surface area contributed by atoms with Crippen molar-refractivity contribution in [2.75, 3.05) is 23.8 Å². The summed E-state index contributed by atoms with van der Waals surface area (Å²) in [5.41, 5.74) is 3.20. The van der Waals surface area contributed by atoms with Crippen molar-refractivity contribution >= 4 is 44.7 Å². The second-order valence-electron chi connectivity index (χ2n) is 8.27. The summed E-state index contributed by atoms with van der Waals surface area (Å²) in [4.78, 5) is 24.4. The van der Waals surface area contributed by atoms with Gasteiger partial charge in [-0.2, -0.15) is 0 Å². The fourth-order valence-corrected chi connectivity index (χ4v) is 5.63. The highest BCUT2D eigenvalue weighted by molar-refractivity contribution is 7.19. The van der Waals surface area contributed by atoms with E-state index in [9.17, 15) is 4.79 Å². The van der Waals surface area contributed by atoms with E-state index in [-0.39, 0.29) is 5.91 Å². The van der Waals surface area contributed by atoms with Gasteiger partial charge in [0, 0.05) is 22.6 Å². The van der Waals surface area contributed by atoms with Crippen molar-refractivity contribution in [2.24, 2.45) is 0 Å². The molecule has 8 heteroatoms. The quantitative estimate of drug-likeness (QED) is 0.300. The molecule has 7 nitrogen and oxygen atoms in total. The number of aryl methyl sites for hydroxylation is 2. The summed E-state index contributed by atoms with van der Waals surface area (Å²) in [5, 5.41) is 7.55. The lowest BCUT2D eigenvalue weighted by molar-refractivity contribution is 0.102. The molecule has 2 aromatic carbocycles. The van der Waals surface area contributed by atoms with Gasteiger partial charge in [0.1, 0.15) is 28.5 Å². The van der Waals surface area contributed by atoms with Crippen molar-refractivity contribution in [3.8, 4) is 11.5 Å². The molecule has 2 heterocycles. The Labute approximate surface area is 208 Å². The van der Waals surface area contributed by atoms with Crippen molar-refractivity contribution < 1.29 is 14.3 Å². The molecule has 0 saturated carbocycles. The maximum Gasteiger partial charge on any atom is 0.255 e. The fourth-order valence-electron chi connectivity index (χ4n) is 4.40. The Bertz CT molecular complexity index is 1350. The van der Waals surface area contributed by atoms with Crippen LogP contribution in [0.25, 0.3) is 10.2 Å². The van der Waals surface area contributed by atoms with Gasteiger partial charge in [-0.05, 0) is 57.2 Å². The number of hydrogen-bond donors (Lipinski definition) is 2. The molecule has 0 atom stereocenters. The predicted octanol–water partition coefficient (Wildman–Crippen LogP) is 6.36. The van der Waals surface area contributed by atoms with Crippen LogP contribution in [0.4, 0.5) is 17.2 Å². The monoisotopic (exact) mass is 488 g/mol. The zero-order valence-electron chi connectivity index (χ0n) is 19.9.